The maximum atomic E-state index is 12.7. The fourth-order valence-electron chi connectivity index (χ4n) is 0.771. The van der Waals surface area contributed by atoms with Crippen molar-refractivity contribution in [3.05, 3.63) is 29.3 Å². The van der Waals surface area contributed by atoms with E-state index < -0.39 is 17.3 Å². The molecule has 0 spiro atoms. The van der Waals surface area contributed by atoms with Crippen LogP contribution in [0.15, 0.2) is 29.2 Å². The monoisotopic (exact) mass is 248 g/mol. The standard InChI is InChI=1S/C9H6ClFO3S/c10-5-1-3-6(4-2-5)15-9(14)7(11)8(12)13/h1-4,7H,(H,12,13). The van der Waals surface area contributed by atoms with Crippen LogP contribution in [0.3, 0.4) is 0 Å². The first-order valence-electron chi connectivity index (χ1n) is 3.85. The molecule has 0 radical (unpaired) electrons. The number of carbonyl (C=O) groups excluding carboxylic acids is 1. The molecule has 0 aromatic heterocycles. The third kappa shape index (κ3) is 3.53. The Balaban J connectivity index is 2.66. The Kier molecular flexibility index (Phi) is 4.11. The number of carboxylic acids is 1. The molecule has 0 aliphatic carbocycles. The van der Waals surface area contributed by atoms with Crippen LogP contribution in [-0.2, 0) is 9.59 Å². The predicted molar refractivity (Wildman–Crippen MR) is 54.8 cm³/mol. The number of rotatable bonds is 3. The van der Waals surface area contributed by atoms with Gasteiger partial charge in [-0.05, 0) is 36.0 Å². The Hall–Kier alpha value is -1.07. The summed E-state index contributed by atoms with van der Waals surface area (Å²) >= 11 is 6.13. The van der Waals surface area contributed by atoms with Crippen molar-refractivity contribution in [2.24, 2.45) is 0 Å². The summed E-state index contributed by atoms with van der Waals surface area (Å²) in [4.78, 5) is 21.6. The van der Waals surface area contributed by atoms with Gasteiger partial charge in [0.2, 0.25) is 5.12 Å². The fraction of sp³-hybridized carbons (Fsp3) is 0.111. The summed E-state index contributed by atoms with van der Waals surface area (Å²) in [6, 6.07) is 6.09. The molecule has 1 aromatic rings. The van der Waals surface area contributed by atoms with Gasteiger partial charge < -0.3 is 5.11 Å². The first-order chi connectivity index (χ1) is 7.00. The number of alkyl halides is 1. The average molecular weight is 249 g/mol. The number of carbonyl (C=O) groups is 2. The molecule has 15 heavy (non-hydrogen) atoms. The minimum absolute atomic E-state index is 0.452. The van der Waals surface area contributed by atoms with E-state index >= 15 is 0 Å². The smallest absolute Gasteiger partial charge is 0.347 e. The van der Waals surface area contributed by atoms with Crippen molar-refractivity contribution in [2.45, 2.75) is 11.1 Å². The second-order valence-corrected chi connectivity index (χ2v) is 4.09. The summed E-state index contributed by atoms with van der Waals surface area (Å²) in [5, 5.41) is 7.68. The van der Waals surface area contributed by atoms with Gasteiger partial charge in [-0.1, -0.05) is 11.6 Å². The molecule has 0 amide bonds. The van der Waals surface area contributed by atoms with Crippen LogP contribution in [0.5, 0.6) is 0 Å². The van der Waals surface area contributed by atoms with Crippen molar-refractivity contribution in [3.63, 3.8) is 0 Å². The number of hydrogen-bond donors (Lipinski definition) is 1. The normalized spacial score (nSPS) is 12.1. The van der Waals surface area contributed by atoms with Crippen molar-refractivity contribution < 1.29 is 19.1 Å². The molecular formula is C9H6ClFO3S. The van der Waals surface area contributed by atoms with Gasteiger partial charge in [-0.25, -0.2) is 9.18 Å². The Morgan fingerprint density at radius 1 is 1.33 bits per heavy atom. The molecule has 0 aliphatic heterocycles. The largest absolute Gasteiger partial charge is 0.479 e. The number of carboxylic acid groups (broad SMARTS) is 1. The Morgan fingerprint density at radius 2 is 1.87 bits per heavy atom. The van der Waals surface area contributed by atoms with Crippen LogP contribution in [0.4, 0.5) is 4.39 Å². The van der Waals surface area contributed by atoms with E-state index in [1.54, 1.807) is 0 Å². The van der Waals surface area contributed by atoms with Gasteiger partial charge in [0.05, 0.1) is 0 Å². The molecule has 1 N–H and O–H groups in total. The van der Waals surface area contributed by atoms with Gasteiger partial charge in [0.15, 0.2) is 0 Å². The highest BCUT2D eigenvalue weighted by Gasteiger charge is 2.25. The van der Waals surface area contributed by atoms with E-state index in [1.165, 1.54) is 24.3 Å². The number of thioether (sulfide) groups is 1. The summed E-state index contributed by atoms with van der Waals surface area (Å²) in [6.45, 7) is 0. The zero-order valence-corrected chi connectivity index (χ0v) is 8.89. The van der Waals surface area contributed by atoms with E-state index in [2.05, 4.69) is 0 Å². The fourth-order valence-corrected chi connectivity index (χ4v) is 1.61. The van der Waals surface area contributed by atoms with Gasteiger partial charge in [-0.2, -0.15) is 0 Å². The minimum Gasteiger partial charge on any atom is -0.479 e. The molecule has 0 saturated carbocycles. The summed E-state index contributed by atoms with van der Waals surface area (Å²) < 4.78 is 12.7. The maximum Gasteiger partial charge on any atom is 0.347 e. The van der Waals surface area contributed by atoms with Gasteiger partial charge >= 0.3 is 5.97 Å². The zero-order valence-electron chi connectivity index (χ0n) is 7.31. The van der Waals surface area contributed by atoms with Crippen LogP contribution < -0.4 is 0 Å². The zero-order chi connectivity index (χ0) is 11.4. The van der Waals surface area contributed by atoms with E-state index in [1.807, 2.05) is 0 Å². The van der Waals surface area contributed by atoms with Crippen molar-refractivity contribution in [3.8, 4) is 0 Å². The van der Waals surface area contributed by atoms with E-state index in [0.717, 1.165) is 0 Å². The van der Waals surface area contributed by atoms with Gasteiger partial charge in [0.25, 0.3) is 6.17 Å². The molecule has 1 atom stereocenters. The van der Waals surface area contributed by atoms with Crippen molar-refractivity contribution in [1.82, 2.24) is 0 Å². The molecule has 0 saturated heterocycles. The number of hydrogen-bond acceptors (Lipinski definition) is 3. The second kappa shape index (κ2) is 5.14. The van der Waals surface area contributed by atoms with Crippen LogP contribution in [0.2, 0.25) is 5.02 Å². The quantitative estimate of drug-likeness (QED) is 0.659. The first kappa shape index (κ1) is 12.0. The highest BCUT2D eigenvalue weighted by molar-refractivity contribution is 8.13. The highest BCUT2D eigenvalue weighted by Crippen LogP contribution is 2.23. The average Bonchev–Trinajstić information content (AvgIpc) is 2.20. The van der Waals surface area contributed by atoms with Gasteiger partial charge in [-0.3, -0.25) is 4.79 Å². The SMILES string of the molecule is O=C(O)C(F)C(=O)Sc1ccc(Cl)cc1. The number of benzene rings is 1. The van der Waals surface area contributed by atoms with Crippen LogP contribution >= 0.6 is 23.4 Å². The van der Waals surface area contributed by atoms with E-state index in [-0.39, 0.29) is 0 Å². The maximum absolute atomic E-state index is 12.7. The van der Waals surface area contributed by atoms with Crippen molar-refractivity contribution in [1.29, 1.82) is 0 Å². The lowest BCUT2D eigenvalue weighted by atomic mass is 10.4. The molecule has 3 nitrogen and oxygen atoms in total. The van der Waals surface area contributed by atoms with Crippen LogP contribution in [-0.4, -0.2) is 22.4 Å². The molecule has 6 heteroatoms. The van der Waals surface area contributed by atoms with Crippen molar-refractivity contribution >= 4 is 34.4 Å². The Labute approximate surface area is 94.2 Å². The molecule has 0 heterocycles. The highest BCUT2D eigenvalue weighted by atomic mass is 35.5. The summed E-state index contributed by atoms with van der Waals surface area (Å²) in [6.07, 6.45) is -2.49. The van der Waals surface area contributed by atoms with E-state index in [4.69, 9.17) is 16.7 Å². The predicted octanol–water partition coefficient (Wildman–Crippen LogP) is 2.38. The first-order valence-corrected chi connectivity index (χ1v) is 5.04. The molecular weight excluding hydrogens is 243 g/mol. The lowest BCUT2D eigenvalue weighted by Crippen LogP contribution is -2.22. The summed E-state index contributed by atoms with van der Waals surface area (Å²) in [7, 11) is 0. The Morgan fingerprint density at radius 3 is 2.33 bits per heavy atom. The molecule has 0 bridgehead atoms. The topological polar surface area (TPSA) is 54.4 Å². The number of aliphatic carboxylic acids is 1. The van der Waals surface area contributed by atoms with Crippen LogP contribution in [0, 0.1) is 0 Å². The van der Waals surface area contributed by atoms with Crippen molar-refractivity contribution in [2.75, 3.05) is 0 Å². The number of halogens is 2. The third-order valence-corrected chi connectivity index (χ3v) is 2.62. The molecule has 1 rings (SSSR count). The van der Waals surface area contributed by atoms with Crippen LogP contribution in [0.25, 0.3) is 0 Å². The molecule has 1 aromatic carbocycles. The molecule has 80 valence electrons. The van der Waals surface area contributed by atoms with Gasteiger partial charge in [0.1, 0.15) is 0 Å². The Bertz CT molecular complexity index is 379. The van der Waals surface area contributed by atoms with Crippen LogP contribution in [0.1, 0.15) is 0 Å². The van der Waals surface area contributed by atoms with Gasteiger partial charge in [0, 0.05) is 9.92 Å². The lowest BCUT2D eigenvalue weighted by molar-refractivity contribution is -0.145. The van der Waals surface area contributed by atoms with E-state index in [9.17, 15) is 14.0 Å². The third-order valence-electron chi connectivity index (χ3n) is 1.46. The summed E-state index contributed by atoms with van der Waals surface area (Å²) in [5.74, 6) is -1.78. The molecule has 1 unspecified atom stereocenters. The van der Waals surface area contributed by atoms with Gasteiger partial charge in [-0.15, -0.1) is 0 Å². The minimum atomic E-state index is -2.49. The molecule has 0 aliphatic rings. The molecule has 0 fully saturated rings. The van der Waals surface area contributed by atoms with E-state index in [0.29, 0.717) is 21.7 Å². The lowest BCUT2D eigenvalue weighted by Gasteiger charge is -2.01. The second-order valence-electron chi connectivity index (χ2n) is 2.58. The summed E-state index contributed by atoms with van der Waals surface area (Å²) in [5.41, 5.74) is 0.